The molecule has 0 aliphatic carbocycles. The van der Waals surface area contributed by atoms with Crippen LogP contribution in [0.3, 0.4) is 0 Å². The molecule has 1 heterocycles. The number of hydrogen-bond donors (Lipinski definition) is 1. The molecule has 0 fully saturated rings. The molecular weight excluding hydrogens is 452 g/mol. The number of halogens is 1. The van der Waals surface area contributed by atoms with Gasteiger partial charge in [-0.3, -0.25) is 0 Å². The van der Waals surface area contributed by atoms with Gasteiger partial charge in [0.2, 0.25) is 0 Å². The van der Waals surface area contributed by atoms with Crippen molar-refractivity contribution in [1.29, 1.82) is 0 Å². The molecule has 0 amide bonds. The van der Waals surface area contributed by atoms with E-state index in [1.807, 2.05) is 6.07 Å². The molecule has 34 heavy (non-hydrogen) atoms. The van der Waals surface area contributed by atoms with Gasteiger partial charge in [-0.2, -0.15) is 0 Å². The van der Waals surface area contributed by atoms with Crippen LogP contribution in [-0.4, -0.2) is 59.1 Å². The number of para-hydroxylation sites is 1. The summed E-state index contributed by atoms with van der Waals surface area (Å²) in [7, 11) is 1.62. The predicted molar refractivity (Wildman–Crippen MR) is 137 cm³/mol. The Morgan fingerprint density at radius 3 is 2.68 bits per heavy atom. The second kappa shape index (κ2) is 14.8. The van der Waals surface area contributed by atoms with Crippen molar-refractivity contribution < 1.29 is 19.0 Å². The smallest absolute Gasteiger partial charge is 0.330 e. The predicted octanol–water partition coefficient (Wildman–Crippen LogP) is 4.71. The summed E-state index contributed by atoms with van der Waals surface area (Å²) in [5, 5.41) is 4.13. The summed E-state index contributed by atoms with van der Waals surface area (Å²) >= 11 is 6.34. The number of carbonyl (C=O) groups is 1. The minimum Gasteiger partial charge on any atom is -0.460 e. The second-order valence-electron chi connectivity index (χ2n) is 8.14. The molecule has 3 rings (SSSR count). The molecule has 1 aliphatic heterocycles. The van der Waals surface area contributed by atoms with Crippen LogP contribution in [0.5, 0.6) is 0 Å². The number of esters is 1. The Bertz CT molecular complexity index is 935. The van der Waals surface area contributed by atoms with E-state index in [0.29, 0.717) is 26.4 Å². The van der Waals surface area contributed by atoms with Crippen molar-refractivity contribution in [2.45, 2.75) is 25.7 Å². The number of ether oxygens (including phenoxy) is 3. The third-order valence-corrected chi connectivity index (χ3v) is 5.92. The number of fused-ring (bicyclic) bond motifs is 2. The Morgan fingerprint density at radius 2 is 1.82 bits per heavy atom. The van der Waals surface area contributed by atoms with Gasteiger partial charge in [0, 0.05) is 42.7 Å². The maximum atomic E-state index is 11.7. The monoisotopic (exact) mass is 486 g/mol. The van der Waals surface area contributed by atoms with Crippen LogP contribution in [0, 0.1) is 0 Å². The molecule has 0 spiro atoms. The van der Waals surface area contributed by atoms with E-state index in [1.54, 1.807) is 13.2 Å². The van der Waals surface area contributed by atoms with E-state index in [1.165, 1.54) is 28.6 Å². The number of methoxy groups -OCH3 is 1. The van der Waals surface area contributed by atoms with E-state index in [9.17, 15) is 4.79 Å². The van der Waals surface area contributed by atoms with Crippen LogP contribution in [0.4, 0.5) is 11.4 Å². The van der Waals surface area contributed by atoms with Crippen LogP contribution in [-0.2, 0) is 31.8 Å². The lowest BCUT2D eigenvalue weighted by Crippen LogP contribution is -2.22. The van der Waals surface area contributed by atoms with E-state index in [0.717, 1.165) is 43.8 Å². The highest BCUT2D eigenvalue weighted by Crippen LogP contribution is 2.37. The number of nitrogens with one attached hydrogen (secondary N) is 1. The van der Waals surface area contributed by atoms with Crippen molar-refractivity contribution in [2.75, 3.05) is 58.1 Å². The summed E-state index contributed by atoms with van der Waals surface area (Å²) in [5.74, 6) is -0.353. The van der Waals surface area contributed by atoms with Gasteiger partial charge in [0.15, 0.2) is 0 Å². The average Bonchev–Trinajstić information content (AvgIpc) is 2.99. The summed E-state index contributed by atoms with van der Waals surface area (Å²) in [6, 6.07) is 14.9. The van der Waals surface area contributed by atoms with Crippen LogP contribution in [0.15, 0.2) is 54.6 Å². The molecule has 7 heteroatoms. The normalized spacial score (nSPS) is 12.9. The quantitative estimate of drug-likeness (QED) is 0.237. The largest absolute Gasteiger partial charge is 0.460 e. The topological polar surface area (TPSA) is 60.0 Å². The minimum absolute atomic E-state index is 0.244. The van der Waals surface area contributed by atoms with E-state index in [-0.39, 0.29) is 12.6 Å². The average molecular weight is 487 g/mol. The van der Waals surface area contributed by atoms with Crippen LogP contribution in [0.1, 0.15) is 24.0 Å². The zero-order valence-corrected chi connectivity index (χ0v) is 20.7. The fourth-order valence-electron chi connectivity index (χ4n) is 3.98. The van der Waals surface area contributed by atoms with E-state index in [4.69, 9.17) is 25.8 Å². The number of anilines is 2. The van der Waals surface area contributed by atoms with Crippen molar-refractivity contribution in [2.24, 2.45) is 0 Å². The molecule has 0 aromatic heterocycles. The summed E-state index contributed by atoms with van der Waals surface area (Å²) < 4.78 is 15.2. The zero-order chi connectivity index (χ0) is 24.0. The van der Waals surface area contributed by atoms with E-state index >= 15 is 0 Å². The van der Waals surface area contributed by atoms with Crippen LogP contribution < -0.4 is 10.2 Å². The molecule has 0 bridgehead atoms. The van der Waals surface area contributed by atoms with Crippen molar-refractivity contribution in [1.82, 2.24) is 5.32 Å². The molecule has 0 atom stereocenters. The maximum Gasteiger partial charge on any atom is 0.330 e. The highest BCUT2D eigenvalue weighted by molar-refractivity contribution is 6.30. The Labute approximate surface area is 207 Å². The van der Waals surface area contributed by atoms with Gasteiger partial charge in [-0.05, 0) is 61.6 Å². The number of nitrogens with zero attached hydrogens (tertiary/aromatic N) is 1. The van der Waals surface area contributed by atoms with Gasteiger partial charge < -0.3 is 24.4 Å². The van der Waals surface area contributed by atoms with Gasteiger partial charge >= 0.3 is 5.97 Å². The highest BCUT2D eigenvalue weighted by atomic mass is 35.5. The fourth-order valence-corrected chi connectivity index (χ4v) is 4.15. The number of hydrogen-bond acceptors (Lipinski definition) is 6. The van der Waals surface area contributed by atoms with Crippen LogP contribution in [0.25, 0.3) is 0 Å². The van der Waals surface area contributed by atoms with Crippen molar-refractivity contribution >= 4 is 28.9 Å². The first-order chi connectivity index (χ1) is 16.7. The van der Waals surface area contributed by atoms with Crippen LogP contribution >= 0.6 is 11.6 Å². The van der Waals surface area contributed by atoms with Crippen molar-refractivity contribution in [3.05, 3.63) is 70.8 Å². The molecule has 184 valence electrons. The molecule has 2 aromatic rings. The Balaban J connectivity index is 1.37. The fraction of sp³-hybridized carbons (Fsp3) is 0.444. The number of aryl methyl sites for hydroxylation is 2. The summed E-state index contributed by atoms with van der Waals surface area (Å²) in [5.41, 5.74) is 5.22. The molecular formula is C27H35ClN2O4. The van der Waals surface area contributed by atoms with Gasteiger partial charge in [-0.25, -0.2) is 4.79 Å². The molecule has 0 saturated heterocycles. The SMILES string of the molecule is COCCOCCOC(=O)/C=C/CNCCCCN1c2ccccc2CCc2ccc(Cl)cc21. The molecule has 6 nitrogen and oxygen atoms in total. The zero-order valence-electron chi connectivity index (χ0n) is 19.9. The van der Waals surface area contributed by atoms with Crippen LogP contribution in [0.2, 0.25) is 5.02 Å². The molecule has 0 radical (unpaired) electrons. The number of benzene rings is 2. The number of carbonyl (C=O) groups excluding carboxylic acids is 1. The van der Waals surface area contributed by atoms with Crippen molar-refractivity contribution in [3.8, 4) is 0 Å². The van der Waals surface area contributed by atoms with Gasteiger partial charge in [0.05, 0.1) is 19.8 Å². The molecule has 1 aliphatic rings. The molecule has 0 unspecified atom stereocenters. The van der Waals surface area contributed by atoms with Crippen molar-refractivity contribution in [3.63, 3.8) is 0 Å². The molecule has 0 saturated carbocycles. The Kier molecular flexibility index (Phi) is 11.4. The molecule has 1 N–H and O–H groups in total. The van der Waals surface area contributed by atoms with E-state index < -0.39 is 0 Å². The minimum atomic E-state index is -0.353. The maximum absolute atomic E-state index is 11.7. The lowest BCUT2D eigenvalue weighted by molar-refractivity contribution is -0.139. The second-order valence-corrected chi connectivity index (χ2v) is 8.58. The highest BCUT2D eigenvalue weighted by Gasteiger charge is 2.20. The first-order valence-corrected chi connectivity index (χ1v) is 12.3. The van der Waals surface area contributed by atoms with Gasteiger partial charge in [-0.1, -0.05) is 41.9 Å². The Morgan fingerprint density at radius 1 is 1.03 bits per heavy atom. The standard InChI is InChI=1S/C27H35ClN2O4/c1-32-17-18-33-19-20-34-27(31)9-6-15-29-14-4-5-16-30-25-8-3-2-7-22(25)10-11-23-12-13-24(28)21-26(23)30/h2-3,6-9,12-13,21,29H,4-5,10-11,14-20H2,1H3/b9-6+. The van der Waals surface area contributed by atoms with Gasteiger partial charge in [-0.15, -0.1) is 0 Å². The Hall–Kier alpha value is -2.38. The summed E-state index contributed by atoms with van der Waals surface area (Å²) in [6.45, 7) is 4.09. The third-order valence-electron chi connectivity index (χ3n) is 5.69. The number of rotatable bonds is 14. The van der Waals surface area contributed by atoms with Gasteiger partial charge in [0.25, 0.3) is 0 Å². The lowest BCUT2D eigenvalue weighted by Gasteiger charge is -2.27. The first kappa shape index (κ1) is 26.2. The third kappa shape index (κ3) is 8.44. The van der Waals surface area contributed by atoms with Gasteiger partial charge in [0.1, 0.15) is 6.61 Å². The lowest BCUT2D eigenvalue weighted by atomic mass is 10.0. The summed E-state index contributed by atoms with van der Waals surface area (Å²) in [6.07, 6.45) is 7.39. The number of unbranched alkanes of at least 4 members (excludes halogenated alkanes) is 1. The summed E-state index contributed by atoms with van der Waals surface area (Å²) in [4.78, 5) is 14.1. The molecule has 2 aromatic carbocycles. The first-order valence-electron chi connectivity index (χ1n) is 11.9. The van der Waals surface area contributed by atoms with E-state index in [2.05, 4.69) is 46.6 Å².